The largest absolute Gasteiger partial charge is 0.397 e. The normalized spacial score (nSPS) is 10.3. The van der Waals surface area contributed by atoms with Crippen LogP contribution in [-0.4, -0.2) is 10.9 Å². The van der Waals surface area contributed by atoms with Gasteiger partial charge in [-0.3, -0.25) is 4.79 Å². The predicted octanol–water partition coefficient (Wildman–Crippen LogP) is 1.71. The average molecular weight is 249 g/mol. The molecule has 0 spiro atoms. The van der Waals surface area contributed by atoms with Crippen LogP contribution in [0.4, 0.5) is 14.5 Å². The maximum Gasteiger partial charge on any atom is 0.269 e. The molecule has 0 fully saturated rings. The summed E-state index contributed by atoms with van der Waals surface area (Å²) in [5, 5.41) is 0. The van der Waals surface area contributed by atoms with Gasteiger partial charge in [0.2, 0.25) is 0 Å². The van der Waals surface area contributed by atoms with E-state index in [2.05, 4.69) is 4.98 Å². The Morgan fingerprint density at radius 1 is 1.17 bits per heavy atom. The molecule has 0 atom stereocenters. The van der Waals surface area contributed by atoms with Crippen LogP contribution in [0.3, 0.4) is 0 Å². The van der Waals surface area contributed by atoms with Gasteiger partial charge in [0.25, 0.3) is 5.91 Å². The summed E-state index contributed by atoms with van der Waals surface area (Å²) >= 11 is 0. The van der Waals surface area contributed by atoms with Crippen molar-refractivity contribution < 1.29 is 13.6 Å². The third-order valence-electron chi connectivity index (χ3n) is 2.36. The van der Waals surface area contributed by atoms with Crippen LogP contribution in [-0.2, 0) is 0 Å². The number of pyridine rings is 1. The lowest BCUT2D eigenvalue weighted by molar-refractivity contribution is 0.0996. The Kier molecular flexibility index (Phi) is 2.93. The molecule has 1 aromatic heterocycles. The van der Waals surface area contributed by atoms with Crippen molar-refractivity contribution in [2.24, 2.45) is 5.73 Å². The first-order chi connectivity index (χ1) is 8.49. The number of benzene rings is 1. The molecule has 92 valence electrons. The van der Waals surface area contributed by atoms with Crippen molar-refractivity contribution in [1.29, 1.82) is 0 Å². The molecule has 0 aliphatic heterocycles. The Morgan fingerprint density at radius 3 is 2.56 bits per heavy atom. The van der Waals surface area contributed by atoms with E-state index in [0.29, 0.717) is 0 Å². The topological polar surface area (TPSA) is 82.0 Å². The summed E-state index contributed by atoms with van der Waals surface area (Å²) < 4.78 is 26.6. The molecule has 0 radical (unpaired) electrons. The van der Waals surface area contributed by atoms with E-state index in [1.165, 1.54) is 12.1 Å². The van der Waals surface area contributed by atoms with Crippen molar-refractivity contribution in [3.05, 3.63) is 47.7 Å². The molecular formula is C12H9F2N3O. The lowest BCUT2D eigenvalue weighted by Crippen LogP contribution is -2.16. The van der Waals surface area contributed by atoms with Gasteiger partial charge in [-0.15, -0.1) is 0 Å². The quantitative estimate of drug-likeness (QED) is 0.849. The highest BCUT2D eigenvalue weighted by atomic mass is 19.1. The monoisotopic (exact) mass is 249 g/mol. The molecule has 2 aromatic rings. The van der Waals surface area contributed by atoms with Crippen LogP contribution in [0.1, 0.15) is 10.5 Å². The van der Waals surface area contributed by atoms with Gasteiger partial charge in [-0.1, -0.05) is 0 Å². The second-order valence-corrected chi connectivity index (χ2v) is 3.62. The molecule has 1 heterocycles. The second-order valence-electron chi connectivity index (χ2n) is 3.62. The minimum Gasteiger partial charge on any atom is -0.397 e. The number of aromatic nitrogens is 1. The van der Waals surface area contributed by atoms with E-state index in [4.69, 9.17) is 11.5 Å². The van der Waals surface area contributed by atoms with Crippen LogP contribution < -0.4 is 11.5 Å². The number of hydrogen-bond acceptors (Lipinski definition) is 3. The fourth-order valence-electron chi connectivity index (χ4n) is 1.51. The molecule has 1 amide bonds. The summed E-state index contributed by atoms with van der Waals surface area (Å²) in [6, 6.07) is 5.71. The molecule has 2 rings (SSSR count). The number of amides is 1. The third-order valence-corrected chi connectivity index (χ3v) is 2.36. The molecule has 0 saturated heterocycles. The zero-order valence-corrected chi connectivity index (χ0v) is 9.15. The Balaban J connectivity index is 2.61. The van der Waals surface area contributed by atoms with Gasteiger partial charge in [0, 0.05) is 5.56 Å². The molecule has 18 heavy (non-hydrogen) atoms. The van der Waals surface area contributed by atoms with E-state index in [9.17, 15) is 13.6 Å². The van der Waals surface area contributed by atoms with Crippen LogP contribution in [0.15, 0.2) is 30.3 Å². The molecule has 0 unspecified atom stereocenters. The molecule has 4 nitrogen and oxygen atoms in total. The summed E-state index contributed by atoms with van der Waals surface area (Å²) in [6.07, 6.45) is 0. The molecule has 4 N–H and O–H groups in total. The zero-order chi connectivity index (χ0) is 13.3. The summed E-state index contributed by atoms with van der Waals surface area (Å²) in [4.78, 5) is 14.9. The van der Waals surface area contributed by atoms with E-state index >= 15 is 0 Å². The minimum absolute atomic E-state index is 0.0579. The van der Waals surface area contributed by atoms with Crippen LogP contribution in [0.5, 0.6) is 0 Å². The van der Waals surface area contributed by atoms with Crippen LogP contribution in [0.2, 0.25) is 0 Å². The molecule has 0 saturated carbocycles. The smallest absolute Gasteiger partial charge is 0.269 e. The van der Waals surface area contributed by atoms with E-state index in [0.717, 1.165) is 18.2 Å². The van der Waals surface area contributed by atoms with E-state index in [1.54, 1.807) is 0 Å². The highest BCUT2D eigenvalue weighted by Gasteiger charge is 2.13. The van der Waals surface area contributed by atoms with Crippen molar-refractivity contribution in [2.45, 2.75) is 0 Å². The summed E-state index contributed by atoms with van der Waals surface area (Å²) in [5.74, 6) is -2.08. The standard InChI is InChI=1S/C12H9F2N3O/c13-6-1-2-8(14)7(5-6)10-4-3-9(15)11(17-10)12(16)18/h1-5H,15H2,(H2,16,18). The van der Waals surface area contributed by atoms with Gasteiger partial charge in [-0.2, -0.15) is 0 Å². The van der Waals surface area contributed by atoms with Crippen molar-refractivity contribution in [1.82, 2.24) is 4.98 Å². The van der Waals surface area contributed by atoms with Crippen molar-refractivity contribution in [2.75, 3.05) is 5.73 Å². The molecule has 0 aliphatic carbocycles. The Morgan fingerprint density at radius 2 is 1.89 bits per heavy atom. The van der Waals surface area contributed by atoms with Gasteiger partial charge in [0.1, 0.15) is 11.6 Å². The number of nitrogen functional groups attached to an aromatic ring is 1. The highest BCUT2D eigenvalue weighted by Crippen LogP contribution is 2.23. The summed E-state index contributed by atoms with van der Waals surface area (Å²) in [7, 11) is 0. The number of anilines is 1. The van der Waals surface area contributed by atoms with Crippen molar-refractivity contribution >= 4 is 11.6 Å². The number of carbonyl (C=O) groups is 1. The zero-order valence-electron chi connectivity index (χ0n) is 9.15. The maximum absolute atomic E-state index is 13.5. The predicted molar refractivity (Wildman–Crippen MR) is 62.5 cm³/mol. The van der Waals surface area contributed by atoms with Crippen molar-refractivity contribution in [3.63, 3.8) is 0 Å². The SMILES string of the molecule is NC(=O)c1nc(-c2cc(F)ccc2F)ccc1N. The first-order valence-electron chi connectivity index (χ1n) is 5.01. The lowest BCUT2D eigenvalue weighted by Gasteiger charge is -2.06. The number of hydrogen-bond donors (Lipinski definition) is 2. The first-order valence-corrected chi connectivity index (χ1v) is 5.01. The van der Waals surface area contributed by atoms with Crippen LogP contribution in [0.25, 0.3) is 11.3 Å². The van der Waals surface area contributed by atoms with Gasteiger partial charge in [0.05, 0.1) is 11.4 Å². The number of nitrogens with zero attached hydrogens (tertiary/aromatic N) is 1. The first kappa shape index (κ1) is 12.0. The average Bonchev–Trinajstić information content (AvgIpc) is 2.33. The van der Waals surface area contributed by atoms with E-state index in [1.807, 2.05) is 0 Å². The van der Waals surface area contributed by atoms with Gasteiger partial charge < -0.3 is 11.5 Å². The molecular weight excluding hydrogens is 240 g/mol. The molecule has 0 aliphatic rings. The van der Waals surface area contributed by atoms with Gasteiger partial charge in [-0.25, -0.2) is 13.8 Å². The maximum atomic E-state index is 13.5. The Labute approximate surface area is 101 Å². The summed E-state index contributed by atoms with van der Waals surface area (Å²) in [6.45, 7) is 0. The lowest BCUT2D eigenvalue weighted by atomic mass is 10.1. The molecule has 1 aromatic carbocycles. The minimum atomic E-state index is -0.828. The third kappa shape index (κ3) is 2.13. The Bertz CT molecular complexity index is 629. The fraction of sp³-hybridized carbons (Fsp3) is 0. The fourth-order valence-corrected chi connectivity index (χ4v) is 1.51. The van der Waals surface area contributed by atoms with Crippen molar-refractivity contribution in [3.8, 4) is 11.3 Å². The highest BCUT2D eigenvalue weighted by molar-refractivity contribution is 5.96. The van der Waals surface area contributed by atoms with E-state index < -0.39 is 17.5 Å². The van der Waals surface area contributed by atoms with Crippen LogP contribution >= 0.6 is 0 Å². The van der Waals surface area contributed by atoms with Gasteiger partial charge >= 0.3 is 0 Å². The number of primary amides is 1. The van der Waals surface area contributed by atoms with Gasteiger partial charge in [0.15, 0.2) is 5.69 Å². The number of carbonyl (C=O) groups excluding carboxylic acids is 1. The van der Waals surface area contributed by atoms with Crippen LogP contribution in [0, 0.1) is 11.6 Å². The number of rotatable bonds is 2. The van der Waals surface area contributed by atoms with Gasteiger partial charge in [-0.05, 0) is 30.3 Å². The number of nitrogens with two attached hydrogens (primary N) is 2. The van der Waals surface area contributed by atoms with E-state index in [-0.39, 0.29) is 22.6 Å². The Hall–Kier alpha value is -2.50. The summed E-state index contributed by atoms with van der Waals surface area (Å²) in [5.41, 5.74) is 10.5. The second kappa shape index (κ2) is 4.40. The number of halogens is 2. The molecule has 6 heteroatoms. The molecule has 0 bridgehead atoms.